The number of aryl methyl sites for hydroxylation is 1. The molecule has 0 spiro atoms. The van der Waals surface area contributed by atoms with Gasteiger partial charge in [0.05, 0.1) is 0 Å². The lowest BCUT2D eigenvalue weighted by molar-refractivity contribution is -0.142. The van der Waals surface area contributed by atoms with Crippen molar-refractivity contribution in [2.75, 3.05) is 13.7 Å². The maximum absolute atomic E-state index is 14.0. The monoisotopic (exact) mass is 392 g/mol. The van der Waals surface area contributed by atoms with E-state index >= 15 is 0 Å². The predicted octanol–water partition coefficient (Wildman–Crippen LogP) is 3.33. The summed E-state index contributed by atoms with van der Waals surface area (Å²) in [4.78, 5) is 26.0. The van der Waals surface area contributed by atoms with Crippen LogP contribution in [0.3, 0.4) is 0 Å². The van der Waals surface area contributed by atoms with Gasteiger partial charge >= 0.3 is 0 Å². The summed E-state index contributed by atoms with van der Waals surface area (Å²) >= 11 is 5.98. The number of carbonyl (C=O) groups excluding carboxylic acids is 2. The molecule has 0 radical (unpaired) electrons. The van der Waals surface area contributed by atoms with Crippen LogP contribution in [-0.2, 0) is 16.1 Å². The highest BCUT2D eigenvalue weighted by atomic mass is 35.5. The van der Waals surface area contributed by atoms with Gasteiger partial charge in [0.25, 0.3) is 5.91 Å². The van der Waals surface area contributed by atoms with E-state index in [0.717, 1.165) is 5.56 Å². The smallest absolute Gasteiger partial charge is 0.261 e. The number of hydrogen-bond donors (Lipinski definition) is 1. The Bertz CT molecular complexity index is 829. The number of benzene rings is 2. The molecule has 2 amide bonds. The van der Waals surface area contributed by atoms with Gasteiger partial charge in [0.15, 0.2) is 6.61 Å². The molecule has 7 heteroatoms. The second-order valence-electron chi connectivity index (χ2n) is 6.10. The quantitative estimate of drug-likeness (QED) is 0.786. The van der Waals surface area contributed by atoms with E-state index in [-0.39, 0.29) is 19.1 Å². The topological polar surface area (TPSA) is 58.6 Å². The summed E-state index contributed by atoms with van der Waals surface area (Å²) in [7, 11) is 1.48. The molecule has 0 aliphatic carbocycles. The molecule has 0 unspecified atom stereocenters. The highest BCUT2D eigenvalue weighted by Gasteiger charge is 2.26. The molecule has 27 heavy (non-hydrogen) atoms. The predicted molar refractivity (Wildman–Crippen MR) is 102 cm³/mol. The molecule has 5 nitrogen and oxygen atoms in total. The van der Waals surface area contributed by atoms with Crippen LogP contribution in [0.1, 0.15) is 18.1 Å². The van der Waals surface area contributed by atoms with Crippen LogP contribution in [0.15, 0.2) is 42.5 Å². The third-order valence-electron chi connectivity index (χ3n) is 4.20. The second-order valence-corrected chi connectivity index (χ2v) is 6.51. The lowest BCUT2D eigenvalue weighted by Crippen LogP contribution is -2.48. The van der Waals surface area contributed by atoms with Crippen LogP contribution in [0, 0.1) is 12.7 Å². The van der Waals surface area contributed by atoms with Crippen LogP contribution in [0.25, 0.3) is 0 Å². The van der Waals surface area contributed by atoms with Crippen LogP contribution < -0.4 is 10.1 Å². The fraction of sp³-hybridized carbons (Fsp3) is 0.300. The molecular weight excluding hydrogens is 371 g/mol. The van der Waals surface area contributed by atoms with Crippen molar-refractivity contribution in [3.63, 3.8) is 0 Å². The Morgan fingerprint density at radius 3 is 2.59 bits per heavy atom. The Kier molecular flexibility index (Phi) is 7.19. The van der Waals surface area contributed by atoms with Gasteiger partial charge in [-0.3, -0.25) is 9.59 Å². The minimum atomic E-state index is -0.780. The van der Waals surface area contributed by atoms with E-state index in [9.17, 15) is 14.0 Å². The summed E-state index contributed by atoms with van der Waals surface area (Å²) < 4.78 is 19.6. The van der Waals surface area contributed by atoms with Crippen LogP contribution >= 0.6 is 11.6 Å². The van der Waals surface area contributed by atoms with Gasteiger partial charge in [0.1, 0.15) is 17.6 Å². The summed E-state index contributed by atoms with van der Waals surface area (Å²) in [5, 5.41) is 3.11. The third kappa shape index (κ3) is 5.44. The lowest BCUT2D eigenvalue weighted by Gasteiger charge is -2.28. The van der Waals surface area contributed by atoms with Crippen LogP contribution in [0.5, 0.6) is 5.75 Å². The van der Waals surface area contributed by atoms with E-state index in [1.807, 2.05) is 6.92 Å². The molecule has 144 valence electrons. The molecule has 0 aromatic heterocycles. The van der Waals surface area contributed by atoms with E-state index in [4.69, 9.17) is 16.3 Å². The Morgan fingerprint density at radius 1 is 1.26 bits per heavy atom. The fourth-order valence-corrected chi connectivity index (χ4v) is 2.65. The first-order valence-corrected chi connectivity index (χ1v) is 8.84. The van der Waals surface area contributed by atoms with Gasteiger partial charge in [-0.15, -0.1) is 0 Å². The first-order chi connectivity index (χ1) is 12.8. The summed E-state index contributed by atoms with van der Waals surface area (Å²) in [5.74, 6) is -0.721. The highest BCUT2D eigenvalue weighted by molar-refractivity contribution is 6.31. The van der Waals surface area contributed by atoms with Crippen molar-refractivity contribution in [3.8, 4) is 5.75 Å². The van der Waals surface area contributed by atoms with E-state index in [2.05, 4.69) is 5.32 Å². The largest absolute Gasteiger partial charge is 0.484 e. The van der Waals surface area contributed by atoms with Crippen molar-refractivity contribution in [1.29, 1.82) is 0 Å². The first-order valence-electron chi connectivity index (χ1n) is 8.47. The average Bonchev–Trinajstić information content (AvgIpc) is 2.66. The molecular formula is C20H22ClFN2O3. The second kappa shape index (κ2) is 9.37. The van der Waals surface area contributed by atoms with E-state index in [1.54, 1.807) is 43.3 Å². The minimum Gasteiger partial charge on any atom is -0.484 e. The van der Waals surface area contributed by atoms with Gasteiger partial charge in [-0.05, 0) is 43.7 Å². The number of nitrogens with zero attached hydrogens (tertiary/aromatic N) is 1. The number of amides is 2. The summed E-state index contributed by atoms with van der Waals surface area (Å²) in [5.41, 5.74) is 1.15. The number of carbonyl (C=O) groups is 2. The van der Waals surface area contributed by atoms with Crippen molar-refractivity contribution in [3.05, 3.63) is 64.4 Å². The number of ether oxygens (including phenoxy) is 1. The molecule has 0 saturated heterocycles. The molecule has 2 rings (SSSR count). The molecule has 1 atom stereocenters. The summed E-state index contributed by atoms with van der Waals surface area (Å²) in [6.45, 7) is 3.10. The van der Waals surface area contributed by atoms with Crippen LogP contribution in [0.4, 0.5) is 4.39 Å². The molecule has 0 fully saturated rings. The Hall–Kier alpha value is -2.60. The zero-order valence-corrected chi connectivity index (χ0v) is 16.2. The van der Waals surface area contributed by atoms with Gasteiger partial charge in [0.2, 0.25) is 5.91 Å². The van der Waals surface area contributed by atoms with Crippen molar-refractivity contribution < 1.29 is 18.7 Å². The zero-order valence-electron chi connectivity index (χ0n) is 15.5. The number of hydrogen-bond acceptors (Lipinski definition) is 3. The lowest BCUT2D eigenvalue weighted by atomic mass is 10.1. The van der Waals surface area contributed by atoms with E-state index in [1.165, 1.54) is 18.0 Å². The van der Waals surface area contributed by atoms with E-state index < -0.39 is 17.8 Å². The SMILES string of the molecule is CNC(=O)[C@H](C)N(Cc1ccccc1F)C(=O)COc1ccc(Cl)c(C)c1. The Morgan fingerprint density at radius 2 is 1.96 bits per heavy atom. The van der Waals surface area contributed by atoms with Gasteiger partial charge in [-0.1, -0.05) is 29.8 Å². The maximum Gasteiger partial charge on any atom is 0.261 e. The van der Waals surface area contributed by atoms with Crippen molar-refractivity contribution in [2.24, 2.45) is 0 Å². The van der Waals surface area contributed by atoms with Gasteiger partial charge in [-0.25, -0.2) is 4.39 Å². The van der Waals surface area contributed by atoms with Gasteiger partial charge < -0.3 is 15.0 Å². The van der Waals surface area contributed by atoms with E-state index in [0.29, 0.717) is 16.3 Å². The Balaban J connectivity index is 2.16. The maximum atomic E-state index is 14.0. The van der Waals surface area contributed by atoms with Crippen LogP contribution in [-0.4, -0.2) is 36.4 Å². The molecule has 0 heterocycles. The van der Waals surface area contributed by atoms with Crippen molar-refractivity contribution in [1.82, 2.24) is 10.2 Å². The van der Waals surface area contributed by atoms with Crippen molar-refractivity contribution in [2.45, 2.75) is 26.4 Å². The van der Waals surface area contributed by atoms with Crippen LogP contribution in [0.2, 0.25) is 5.02 Å². The average molecular weight is 393 g/mol. The molecule has 0 aliphatic heterocycles. The zero-order chi connectivity index (χ0) is 20.0. The number of nitrogens with one attached hydrogen (secondary N) is 1. The summed E-state index contributed by atoms with van der Waals surface area (Å²) in [6, 6.07) is 10.4. The molecule has 0 bridgehead atoms. The highest BCUT2D eigenvalue weighted by Crippen LogP contribution is 2.21. The normalized spacial score (nSPS) is 11.6. The molecule has 0 aliphatic rings. The number of rotatable bonds is 7. The molecule has 1 N–H and O–H groups in total. The fourth-order valence-electron chi connectivity index (χ4n) is 2.54. The summed E-state index contributed by atoms with van der Waals surface area (Å²) in [6.07, 6.45) is 0. The third-order valence-corrected chi connectivity index (χ3v) is 4.63. The number of halogens is 2. The molecule has 0 saturated carbocycles. The standard InChI is InChI=1S/C20H22ClFN2O3/c1-13-10-16(8-9-17(13)21)27-12-19(25)24(14(2)20(26)23-3)11-15-6-4-5-7-18(15)22/h4-10,14H,11-12H2,1-3H3,(H,23,26)/t14-/m0/s1. The molecule has 2 aromatic carbocycles. The van der Waals surface area contributed by atoms with Gasteiger partial charge in [0, 0.05) is 24.2 Å². The first kappa shape index (κ1) is 20.7. The van der Waals surface area contributed by atoms with Crippen molar-refractivity contribution >= 4 is 23.4 Å². The Labute approximate surface area is 163 Å². The minimum absolute atomic E-state index is 0.0386. The molecule has 2 aromatic rings. The number of likely N-dealkylation sites (N-methyl/N-ethyl adjacent to an activating group) is 1. The van der Waals surface area contributed by atoms with Gasteiger partial charge in [-0.2, -0.15) is 0 Å².